The highest BCUT2D eigenvalue weighted by Crippen LogP contribution is 2.11. The third-order valence-electron chi connectivity index (χ3n) is 2.22. The molecule has 5 nitrogen and oxygen atoms in total. The van der Waals surface area contributed by atoms with Gasteiger partial charge in [0.25, 0.3) is 0 Å². The maximum Gasteiger partial charge on any atom is 0.235 e. The van der Waals surface area contributed by atoms with Crippen LogP contribution in [0.25, 0.3) is 0 Å². The molecule has 18 heavy (non-hydrogen) atoms. The molecule has 0 aliphatic carbocycles. The Bertz CT molecular complexity index is 349. The van der Waals surface area contributed by atoms with Crippen molar-refractivity contribution in [3.8, 4) is 0 Å². The van der Waals surface area contributed by atoms with Crippen LogP contribution in [0.3, 0.4) is 0 Å². The topological polar surface area (TPSA) is 72.6 Å². The largest absolute Gasteiger partial charge is 0.264 e. The molecule has 1 aromatic carbocycles. The van der Waals surface area contributed by atoms with E-state index in [4.69, 9.17) is 5.26 Å². The zero-order chi connectivity index (χ0) is 14.2. The predicted octanol–water partition coefficient (Wildman–Crippen LogP) is 3.34. The first-order valence-corrected chi connectivity index (χ1v) is 5.78. The Labute approximate surface area is 107 Å². The molecule has 0 aromatic heterocycles. The lowest BCUT2D eigenvalue weighted by Crippen LogP contribution is -2.32. The van der Waals surface area contributed by atoms with E-state index in [0.717, 1.165) is 0 Å². The summed E-state index contributed by atoms with van der Waals surface area (Å²) < 4.78 is 0. The molecule has 1 aromatic rings. The van der Waals surface area contributed by atoms with Crippen LogP contribution < -0.4 is 0 Å². The SMILES string of the molecule is CC(C)(C[N+](=O)[O-])OO.CC(C)c1ccccc1. The van der Waals surface area contributed by atoms with Crippen molar-refractivity contribution in [2.45, 2.75) is 39.2 Å². The summed E-state index contributed by atoms with van der Waals surface area (Å²) in [6.07, 6.45) is 0. The van der Waals surface area contributed by atoms with Crippen molar-refractivity contribution < 1.29 is 15.1 Å². The van der Waals surface area contributed by atoms with Crippen LogP contribution in [0.15, 0.2) is 30.3 Å². The Morgan fingerprint density at radius 1 is 1.33 bits per heavy atom. The second-order valence-corrected chi connectivity index (χ2v) is 4.91. The maximum atomic E-state index is 9.79. The molecule has 5 heteroatoms. The molecule has 0 spiro atoms. The van der Waals surface area contributed by atoms with Crippen molar-refractivity contribution in [3.63, 3.8) is 0 Å². The maximum absolute atomic E-state index is 9.79. The van der Waals surface area contributed by atoms with Crippen molar-refractivity contribution >= 4 is 0 Å². The Hall–Kier alpha value is -1.46. The van der Waals surface area contributed by atoms with E-state index < -0.39 is 17.1 Å². The standard InChI is InChI=1S/C9H12.C4H9NO4/c1-8(2)9-6-4-3-5-7-9;1-4(2,9-8)3-5(6)7/h3-8H,1-2H3;8H,3H2,1-2H3. The van der Waals surface area contributed by atoms with E-state index in [2.05, 4.69) is 43.0 Å². The van der Waals surface area contributed by atoms with Crippen LogP contribution in [0.5, 0.6) is 0 Å². The van der Waals surface area contributed by atoms with Crippen molar-refractivity contribution in [1.82, 2.24) is 0 Å². The van der Waals surface area contributed by atoms with Crippen molar-refractivity contribution in [2.24, 2.45) is 0 Å². The fraction of sp³-hybridized carbons (Fsp3) is 0.538. The summed E-state index contributed by atoms with van der Waals surface area (Å²) in [5, 5.41) is 17.8. The van der Waals surface area contributed by atoms with E-state index in [0.29, 0.717) is 5.92 Å². The van der Waals surface area contributed by atoms with Gasteiger partial charge in [0.05, 0.1) is 0 Å². The molecule has 0 fully saturated rings. The minimum absolute atomic E-state index is 0.399. The molecule has 0 saturated heterocycles. The fourth-order valence-corrected chi connectivity index (χ4v) is 1.18. The molecule has 0 aliphatic rings. The van der Waals surface area contributed by atoms with Gasteiger partial charge in [-0.3, -0.25) is 15.4 Å². The highest BCUT2D eigenvalue weighted by Gasteiger charge is 2.25. The first-order valence-electron chi connectivity index (χ1n) is 5.78. The fourth-order valence-electron chi connectivity index (χ4n) is 1.18. The quantitative estimate of drug-likeness (QED) is 0.508. The van der Waals surface area contributed by atoms with E-state index in [1.54, 1.807) is 0 Å². The summed E-state index contributed by atoms with van der Waals surface area (Å²) >= 11 is 0. The molecule has 1 N–H and O–H groups in total. The molecule has 0 aliphatic heterocycles. The van der Waals surface area contributed by atoms with E-state index in [1.807, 2.05) is 6.07 Å². The predicted molar refractivity (Wildman–Crippen MR) is 70.2 cm³/mol. The molecule has 0 unspecified atom stereocenters. The molecular weight excluding hydrogens is 234 g/mol. The monoisotopic (exact) mass is 255 g/mol. The van der Waals surface area contributed by atoms with Crippen LogP contribution in [0.2, 0.25) is 0 Å². The van der Waals surface area contributed by atoms with Crippen LogP contribution in [-0.4, -0.2) is 22.3 Å². The molecule has 0 atom stereocenters. The van der Waals surface area contributed by atoms with Gasteiger partial charge in [0.15, 0.2) is 5.60 Å². The highest BCUT2D eigenvalue weighted by atomic mass is 17.1. The summed E-state index contributed by atoms with van der Waals surface area (Å²) in [6.45, 7) is 6.86. The van der Waals surface area contributed by atoms with Crippen LogP contribution in [0.1, 0.15) is 39.2 Å². The number of rotatable bonds is 4. The Morgan fingerprint density at radius 2 is 1.83 bits per heavy atom. The lowest BCUT2D eigenvalue weighted by atomic mass is 10.0. The molecule has 0 saturated carbocycles. The lowest BCUT2D eigenvalue weighted by Gasteiger charge is -2.13. The van der Waals surface area contributed by atoms with E-state index >= 15 is 0 Å². The second-order valence-electron chi connectivity index (χ2n) is 4.91. The summed E-state index contributed by atoms with van der Waals surface area (Å²) in [4.78, 5) is 13.0. The minimum Gasteiger partial charge on any atom is -0.264 e. The normalized spacial score (nSPS) is 10.8. The molecule has 0 bridgehead atoms. The van der Waals surface area contributed by atoms with E-state index in [1.165, 1.54) is 19.4 Å². The molecule has 0 heterocycles. The number of hydrogen-bond donors (Lipinski definition) is 1. The van der Waals surface area contributed by atoms with Crippen molar-refractivity contribution in [3.05, 3.63) is 46.0 Å². The molecular formula is C13H21NO4. The van der Waals surface area contributed by atoms with Crippen LogP contribution >= 0.6 is 0 Å². The summed E-state index contributed by atoms with van der Waals surface area (Å²) in [7, 11) is 0. The van der Waals surface area contributed by atoms with Crippen LogP contribution in [0.4, 0.5) is 0 Å². The Balaban J connectivity index is 0.000000321. The van der Waals surface area contributed by atoms with Crippen LogP contribution in [-0.2, 0) is 4.89 Å². The second kappa shape index (κ2) is 7.79. The molecule has 1 rings (SSSR count). The van der Waals surface area contributed by atoms with E-state index in [9.17, 15) is 10.1 Å². The van der Waals surface area contributed by atoms with Gasteiger partial charge in [-0.2, -0.15) is 0 Å². The van der Waals surface area contributed by atoms with Gasteiger partial charge in [-0.1, -0.05) is 44.2 Å². The lowest BCUT2D eigenvalue weighted by molar-refractivity contribution is -0.516. The van der Waals surface area contributed by atoms with Gasteiger partial charge in [0, 0.05) is 4.92 Å². The van der Waals surface area contributed by atoms with Gasteiger partial charge >= 0.3 is 0 Å². The number of benzene rings is 1. The minimum atomic E-state index is -1.08. The van der Waals surface area contributed by atoms with Gasteiger partial charge in [-0.05, 0) is 25.3 Å². The molecule has 102 valence electrons. The summed E-state index contributed by atoms with van der Waals surface area (Å²) in [5.41, 5.74) is 0.334. The van der Waals surface area contributed by atoms with Gasteiger partial charge in [-0.15, -0.1) is 0 Å². The average Bonchev–Trinajstić information content (AvgIpc) is 2.29. The summed E-state index contributed by atoms with van der Waals surface area (Å²) in [6, 6.07) is 10.5. The number of nitrogens with zero attached hydrogens (tertiary/aromatic N) is 1. The Kier molecular flexibility index (Phi) is 7.16. The molecule has 0 amide bonds. The average molecular weight is 255 g/mol. The van der Waals surface area contributed by atoms with E-state index in [-0.39, 0.29) is 0 Å². The molecule has 0 radical (unpaired) electrons. The number of nitro groups is 1. The van der Waals surface area contributed by atoms with Crippen LogP contribution in [0, 0.1) is 10.1 Å². The summed E-state index contributed by atoms with van der Waals surface area (Å²) in [5.74, 6) is 0.659. The van der Waals surface area contributed by atoms with Crippen molar-refractivity contribution in [2.75, 3.05) is 6.54 Å². The first-order chi connectivity index (χ1) is 8.28. The Morgan fingerprint density at radius 3 is 2.06 bits per heavy atom. The zero-order valence-corrected chi connectivity index (χ0v) is 11.3. The van der Waals surface area contributed by atoms with Gasteiger partial charge in [0.2, 0.25) is 6.54 Å². The first kappa shape index (κ1) is 16.5. The third-order valence-corrected chi connectivity index (χ3v) is 2.22. The highest BCUT2D eigenvalue weighted by molar-refractivity contribution is 5.17. The van der Waals surface area contributed by atoms with Gasteiger partial charge in [-0.25, -0.2) is 4.89 Å². The third kappa shape index (κ3) is 7.76. The number of hydrogen-bond acceptors (Lipinski definition) is 4. The zero-order valence-electron chi connectivity index (χ0n) is 11.3. The smallest absolute Gasteiger partial charge is 0.235 e. The van der Waals surface area contributed by atoms with Crippen molar-refractivity contribution in [1.29, 1.82) is 0 Å². The van der Waals surface area contributed by atoms with Gasteiger partial charge in [0.1, 0.15) is 0 Å². The van der Waals surface area contributed by atoms with Gasteiger partial charge < -0.3 is 0 Å².